The number of anilines is 1. The van der Waals surface area contributed by atoms with E-state index < -0.39 is 11.7 Å². The number of amides is 2. The highest BCUT2D eigenvalue weighted by atomic mass is 16.6. The van der Waals surface area contributed by atoms with E-state index in [1.807, 2.05) is 7.05 Å². The maximum absolute atomic E-state index is 12.4. The number of carbonyl (C=O) groups is 3. The van der Waals surface area contributed by atoms with Gasteiger partial charge in [0.15, 0.2) is 24.7 Å². The van der Waals surface area contributed by atoms with Gasteiger partial charge in [0, 0.05) is 12.1 Å². The molecular weight excluding hydrogens is 326 g/mol. The summed E-state index contributed by atoms with van der Waals surface area (Å²) in [4.78, 5) is 38.8. The SMILES string of the molecule is C[NH+](CC(=O)NC1CC1)CN1C(=O)C(=O)c2cc3c(cc21)OCCO3. The van der Waals surface area contributed by atoms with Crippen LogP contribution in [0.25, 0.3) is 0 Å². The summed E-state index contributed by atoms with van der Waals surface area (Å²) in [6.07, 6.45) is 2.06. The number of fused-ring (bicyclic) bond motifs is 2. The Balaban J connectivity index is 1.51. The molecule has 2 N–H and O–H groups in total. The lowest BCUT2D eigenvalue weighted by atomic mass is 10.1. The van der Waals surface area contributed by atoms with E-state index in [1.165, 1.54) is 4.90 Å². The second-order valence-electron chi connectivity index (χ2n) is 6.71. The van der Waals surface area contributed by atoms with Crippen molar-refractivity contribution in [3.63, 3.8) is 0 Å². The molecule has 0 aromatic heterocycles. The predicted molar refractivity (Wildman–Crippen MR) is 87.0 cm³/mol. The fourth-order valence-electron chi connectivity index (χ4n) is 3.09. The number of likely N-dealkylation sites (N-methyl/N-ethyl adjacent to an activating group) is 1. The van der Waals surface area contributed by atoms with Crippen LogP contribution < -0.4 is 24.6 Å². The molecule has 1 atom stereocenters. The molecule has 0 spiro atoms. The highest BCUT2D eigenvalue weighted by Crippen LogP contribution is 2.40. The average Bonchev–Trinajstić information content (AvgIpc) is 3.37. The van der Waals surface area contributed by atoms with Gasteiger partial charge in [-0.15, -0.1) is 0 Å². The first-order valence-corrected chi connectivity index (χ1v) is 8.43. The first-order valence-electron chi connectivity index (χ1n) is 8.43. The van der Waals surface area contributed by atoms with Crippen LogP contribution in [0.15, 0.2) is 12.1 Å². The fourth-order valence-corrected chi connectivity index (χ4v) is 3.09. The Morgan fingerprint density at radius 3 is 2.60 bits per heavy atom. The molecule has 2 aliphatic heterocycles. The van der Waals surface area contributed by atoms with Gasteiger partial charge in [-0.2, -0.15) is 0 Å². The van der Waals surface area contributed by atoms with Crippen LogP contribution in [0.1, 0.15) is 23.2 Å². The fraction of sp³-hybridized carbons (Fsp3) is 0.471. The summed E-state index contributed by atoms with van der Waals surface area (Å²) in [5.41, 5.74) is 0.839. The molecular formula is C17H20N3O5+. The summed E-state index contributed by atoms with van der Waals surface area (Å²) < 4.78 is 11.0. The number of quaternary nitrogens is 1. The van der Waals surface area contributed by atoms with E-state index in [-0.39, 0.29) is 19.1 Å². The van der Waals surface area contributed by atoms with Crippen LogP contribution in [0.2, 0.25) is 0 Å². The van der Waals surface area contributed by atoms with Crippen molar-refractivity contribution >= 4 is 23.3 Å². The molecule has 1 aromatic rings. The maximum atomic E-state index is 12.4. The van der Waals surface area contributed by atoms with Crippen molar-refractivity contribution in [3.05, 3.63) is 17.7 Å². The molecule has 2 amide bonds. The number of rotatable bonds is 5. The van der Waals surface area contributed by atoms with E-state index in [9.17, 15) is 14.4 Å². The van der Waals surface area contributed by atoms with Gasteiger partial charge in [0.2, 0.25) is 0 Å². The van der Waals surface area contributed by atoms with Crippen molar-refractivity contribution in [2.75, 3.05) is 38.4 Å². The minimum absolute atomic E-state index is 0.0413. The van der Waals surface area contributed by atoms with E-state index >= 15 is 0 Å². The Kier molecular flexibility index (Phi) is 3.84. The van der Waals surface area contributed by atoms with Gasteiger partial charge in [0.1, 0.15) is 13.2 Å². The van der Waals surface area contributed by atoms with Crippen molar-refractivity contribution in [1.29, 1.82) is 0 Å². The van der Waals surface area contributed by atoms with Crippen molar-refractivity contribution in [1.82, 2.24) is 5.32 Å². The highest BCUT2D eigenvalue weighted by Gasteiger charge is 2.39. The lowest BCUT2D eigenvalue weighted by Crippen LogP contribution is -3.12. The van der Waals surface area contributed by atoms with E-state index in [0.29, 0.717) is 42.0 Å². The minimum atomic E-state index is -0.584. The number of hydrogen-bond acceptors (Lipinski definition) is 5. The monoisotopic (exact) mass is 346 g/mol. The number of carbonyl (C=O) groups excluding carboxylic acids is 3. The third-order valence-corrected chi connectivity index (χ3v) is 4.47. The second-order valence-corrected chi connectivity index (χ2v) is 6.71. The molecule has 1 aliphatic carbocycles. The van der Waals surface area contributed by atoms with Crippen LogP contribution in [-0.2, 0) is 9.59 Å². The first kappa shape index (κ1) is 15.9. The molecule has 1 fully saturated rings. The zero-order valence-electron chi connectivity index (χ0n) is 14.0. The normalized spacial score (nSPS) is 19.6. The number of ether oxygens (including phenoxy) is 2. The van der Waals surface area contributed by atoms with Crippen LogP contribution in [-0.4, -0.2) is 57.1 Å². The molecule has 0 saturated heterocycles. The highest BCUT2D eigenvalue weighted by molar-refractivity contribution is 6.52. The van der Waals surface area contributed by atoms with Crippen LogP contribution in [0.3, 0.4) is 0 Å². The predicted octanol–water partition coefficient (Wildman–Crippen LogP) is -1.26. The number of benzene rings is 1. The summed E-state index contributed by atoms with van der Waals surface area (Å²) in [7, 11) is 1.82. The van der Waals surface area contributed by atoms with E-state index in [0.717, 1.165) is 17.7 Å². The minimum Gasteiger partial charge on any atom is -0.486 e. The van der Waals surface area contributed by atoms with Crippen LogP contribution >= 0.6 is 0 Å². The Bertz CT molecular complexity index is 759. The second kappa shape index (κ2) is 6.03. The van der Waals surface area contributed by atoms with Crippen molar-refractivity contribution < 1.29 is 28.8 Å². The van der Waals surface area contributed by atoms with Crippen LogP contribution in [0.4, 0.5) is 5.69 Å². The molecule has 1 aromatic carbocycles. The van der Waals surface area contributed by atoms with Gasteiger partial charge in [0.05, 0.1) is 18.3 Å². The zero-order valence-corrected chi connectivity index (χ0v) is 14.0. The standard InChI is InChI=1S/C17H19N3O5/c1-19(8-15(21)18-10-2-3-10)9-20-12-7-14-13(24-4-5-25-14)6-11(12)16(22)17(20)23/h6-7,10H,2-5,8-9H2,1H3,(H,18,21)/p+1. The van der Waals surface area contributed by atoms with E-state index in [1.54, 1.807) is 12.1 Å². The molecule has 25 heavy (non-hydrogen) atoms. The Morgan fingerprint density at radius 2 is 1.92 bits per heavy atom. The number of nitrogens with one attached hydrogen (secondary N) is 2. The lowest BCUT2D eigenvalue weighted by molar-refractivity contribution is -0.869. The third kappa shape index (κ3) is 3.05. The molecule has 2 heterocycles. The van der Waals surface area contributed by atoms with E-state index in [2.05, 4.69) is 5.32 Å². The quantitative estimate of drug-likeness (QED) is 0.650. The van der Waals surface area contributed by atoms with Crippen molar-refractivity contribution in [2.45, 2.75) is 18.9 Å². The smallest absolute Gasteiger partial charge is 0.303 e. The van der Waals surface area contributed by atoms with Crippen molar-refractivity contribution in [3.8, 4) is 11.5 Å². The summed E-state index contributed by atoms with van der Waals surface area (Å²) in [6.45, 7) is 1.32. The van der Waals surface area contributed by atoms with Crippen LogP contribution in [0.5, 0.6) is 11.5 Å². The van der Waals surface area contributed by atoms with Gasteiger partial charge in [-0.05, 0) is 18.9 Å². The van der Waals surface area contributed by atoms with E-state index in [4.69, 9.17) is 9.47 Å². The summed E-state index contributed by atoms with van der Waals surface area (Å²) in [5.74, 6) is -0.166. The summed E-state index contributed by atoms with van der Waals surface area (Å²) in [6, 6.07) is 3.54. The molecule has 0 radical (unpaired) electrons. The molecule has 0 bridgehead atoms. The largest absolute Gasteiger partial charge is 0.486 e. The molecule has 1 unspecified atom stereocenters. The van der Waals surface area contributed by atoms with Gasteiger partial charge in [-0.1, -0.05) is 0 Å². The van der Waals surface area contributed by atoms with Gasteiger partial charge < -0.3 is 19.7 Å². The third-order valence-electron chi connectivity index (χ3n) is 4.47. The van der Waals surface area contributed by atoms with Gasteiger partial charge in [0.25, 0.3) is 11.7 Å². The van der Waals surface area contributed by atoms with Crippen LogP contribution in [0, 0.1) is 0 Å². The van der Waals surface area contributed by atoms with Crippen molar-refractivity contribution in [2.24, 2.45) is 0 Å². The van der Waals surface area contributed by atoms with Gasteiger partial charge in [-0.25, -0.2) is 0 Å². The number of hydrogen-bond donors (Lipinski definition) is 2. The maximum Gasteiger partial charge on any atom is 0.303 e. The molecule has 8 nitrogen and oxygen atoms in total. The van der Waals surface area contributed by atoms with Gasteiger partial charge >= 0.3 is 5.91 Å². The topological polar surface area (TPSA) is 89.4 Å². The Labute approximate surface area is 144 Å². The zero-order chi connectivity index (χ0) is 17.6. The Hall–Kier alpha value is -2.61. The molecule has 8 heteroatoms. The average molecular weight is 346 g/mol. The number of Topliss-reactive ketones (excluding diaryl/α,β-unsaturated/α-hetero) is 1. The van der Waals surface area contributed by atoms with Gasteiger partial charge in [-0.3, -0.25) is 19.3 Å². The first-order chi connectivity index (χ1) is 12.0. The number of ketones is 1. The molecule has 3 aliphatic rings. The molecule has 132 valence electrons. The Morgan fingerprint density at radius 1 is 1.24 bits per heavy atom. The summed E-state index contributed by atoms with van der Waals surface area (Å²) >= 11 is 0. The number of nitrogens with zero attached hydrogens (tertiary/aromatic N) is 1. The summed E-state index contributed by atoms with van der Waals surface area (Å²) in [5, 5.41) is 2.92. The lowest BCUT2D eigenvalue weighted by Gasteiger charge is -2.23. The molecule has 4 rings (SSSR count). The molecule has 1 saturated carbocycles.